The molecule has 0 rings (SSSR count). The van der Waals surface area contributed by atoms with E-state index in [1.54, 1.807) is 0 Å². The topological polar surface area (TPSA) is 50.1 Å². The van der Waals surface area contributed by atoms with E-state index in [1.165, 1.54) is 19.3 Å². The van der Waals surface area contributed by atoms with Gasteiger partial charge < -0.3 is 10.7 Å². The van der Waals surface area contributed by atoms with Crippen LogP contribution in [-0.4, -0.2) is 7.05 Å². The minimum absolute atomic E-state index is 1.03. The van der Waals surface area contributed by atoms with Crippen molar-refractivity contribution in [1.82, 2.24) is 10.7 Å². The minimum atomic E-state index is 1.03. The molecule has 0 unspecified atom stereocenters. The highest BCUT2D eigenvalue weighted by molar-refractivity contribution is 4.95. The summed E-state index contributed by atoms with van der Waals surface area (Å²) in [6, 6.07) is 0. The lowest BCUT2D eigenvalue weighted by molar-refractivity contribution is 0.672. The number of unbranched alkanes of at least 4 members (excludes halogenated alkanes) is 2. The van der Waals surface area contributed by atoms with Crippen molar-refractivity contribution in [3.05, 3.63) is 11.9 Å². The molecule has 66 valence electrons. The largest absolute Gasteiger partial charge is 0.393 e. The maximum absolute atomic E-state index is 5.28. The second-order valence-corrected chi connectivity index (χ2v) is 2.56. The van der Waals surface area contributed by atoms with Gasteiger partial charge in [-0.25, -0.2) is 0 Å². The van der Waals surface area contributed by atoms with Crippen LogP contribution in [-0.2, 0) is 0 Å². The number of hydrogen-bond donors (Lipinski definition) is 3. The summed E-state index contributed by atoms with van der Waals surface area (Å²) < 4.78 is 0. The summed E-state index contributed by atoms with van der Waals surface area (Å²) in [5, 5.41) is 2.94. The average molecular weight is 157 g/mol. The predicted molar refractivity (Wildman–Crippen MR) is 48.6 cm³/mol. The number of allylic oxidation sites excluding steroid dienone is 1. The molecule has 0 saturated carbocycles. The van der Waals surface area contributed by atoms with E-state index in [2.05, 4.69) is 17.7 Å². The van der Waals surface area contributed by atoms with Crippen LogP contribution in [0.4, 0.5) is 0 Å². The maximum Gasteiger partial charge on any atom is 0.0415 e. The molecule has 0 atom stereocenters. The van der Waals surface area contributed by atoms with Gasteiger partial charge in [0.2, 0.25) is 0 Å². The van der Waals surface area contributed by atoms with Gasteiger partial charge in [-0.3, -0.25) is 5.84 Å². The van der Waals surface area contributed by atoms with Crippen LogP contribution in [0.15, 0.2) is 11.9 Å². The number of nitrogens with two attached hydrogens (primary N) is 1. The maximum atomic E-state index is 5.28. The van der Waals surface area contributed by atoms with E-state index in [0.717, 1.165) is 12.1 Å². The first-order valence-electron chi connectivity index (χ1n) is 4.18. The molecule has 0 saturated heterocycles. The summed E-state index contributed by atoms with van der Waals surface area (Å²) in [5.74, 6) is 5.28. The summed E-state index contributed by atoms with van der Waals surface area (Å²) in [6.07, 6.45) is 6.65. The van der Waals surface area contributed by atoms with Gasteiger partial charge in [-0.05, 0) is 12.8 Å². The first-order chi connectivity index (χ1) is 5.35. The number of hydrazine groups is 1. The van der Waals surface area contributed by atoms with E-state index in [1.807, 2.05) is 13.2 Å². The third-order valence-corrected chi connectivity index (χ3v) is 1.55. The smallest absolute Gasteiger partial charge is 0.0415 e. The van der Waals surface area contributed by atoms with Crippen LogP contribution in [0.5, 0.6) is 0 Å². The molecular weight excluding hydrogens is 138 g/mol. The van der Waals surface area contributed by atoms with Crippen molar-refractivity contribution in [3.63, 3.8) is 0 Å². The molecule has 0 radical (unpaired) electrons. The van der Waals surface area contributed by atoms with Crippen molar-refractivity contribution in [1.29, 1.82) is 0 Å². The van der Waals surface area contributed by atoms with E-state index < -0.39 is 0 Å². The second kappa shape index (κ2) is 7.41. The Hall–Kier alpha value is -0.700. The summed E-state index contributed by atoms with van der Waals surface area (Å²) in [5.41, 5.74) is 3.73. The molecule has 0 aliphatic rings. The van der Waals surface area contributed by atoms with Gasteiger partial charge in [-0.1, -0.05) is 19.8 Å². The summed E-state index contributed by atoms with van der Waals surface area (Å²) in [6.45, 7) is 2.19. The fourth-order valence-electron chi connectivity index (χ4n) is 0.926. The van der Waals surface area contributed by atoms with Crippen molar-refractivity contribution >= 4 is 0 Å². The van der Waals surface area contributed by atoms with E-state index in [0.29, 0.717) is 0 Å². The van der Waals surface area contributed by atoms with E-state index in [4.69, 9.17) is 5.84 Å². The highest BCUT2D eigenvalue weighted by atomic mass is 15.2. The molecule has 0 aromatic heterocycles. The highest BCUT2D eigenvalue weighted by Crippen LogP contribution is 2.03. The van der Waals surface area contributed by atoms with Crippen LogP contribution in [0.2, 0.25) is 0 Å². The molecule has 0 spiro atoms. The first kappa shape index (κ1) is 10.3. The Morgan fingerprint density at radius 1 is 1.45 bits per heavy atom. The lowest BCUT2D eigenvalue weighted by Crippen LogP contribution is -2.22. The van der Waals surface area contributed by atoms with Crippen LogP contribution in [0.25, 0.3) is 0 Å². The van der Waals surface area contributed by atoms with E-state index >= 15 is 0 Å². The quantitative estimate of drug-likeness (QED) is 0.307. The number of hydrogen-bond acceptors (Lipinski definition) is 3. The molecule has 11 heavy (non-hydrogen) atoms. The van der Waals surface area contributed by atoms with E-state index in [-0.39, 0.29) is 0 Å². The van der Waals surface area contributed by atoms with Gasteiger partial charge in [0.1, 0.15) is 0 Å². The van der Waals surface area contributed by atoms with Crippen molar-refractivity contribution in [2.24, 2.45) is 5.84 Å². The minimum Gasteiger partial charge on any atom is -0.393 e. The molecule has 0 heterocycles. The standard InChI is InChI=1S/C8H19N3/c1-3-4-5-6-8(11-9)7-10-2/h7,10-11H,3-6,9H2,1-2H3/b8-7-. The fraction of sp³-hybridized carbons (Fsp3) is 0.750. The Bertz CT molecular complexity index is 110. The lowest BCUT2D eigenvalue weighted by Gasteiger charge is -2.05. The Morgan fingerprint density at radius 3 is 2.64 bits per heavy atom. The molecule has 0 aliphatic carbocycles. The van der Waals surface area contributed by atoms with Crippen LogP contribution in [0.3, 0.4) is 0 Å². The van der Waals surface area contributed by atoms with Crippen molar-refractivity contribution in [3.8, 4) is 0 Å². The second-order valence-electron chi connectivity index (χ2n) is 2.56. The third kappa shape index (κ3) is 5.73. The molecular formula is C8H19N3. The molecule has 0 aliphatic heterocycles. The van der Waals surface area contributed by atoms with Crippen LogP contribution >= 0.6 is 0 Å². The lowest BCUT2D eigenvalue weighted by atomic mass is 10.2. The Kier molecular flexibility index (Phi) is 6.94. The van der Waals surface area contributed by atoms with Crippen molar-refractivity contribution in [2.45, 2.75) is 32.6 Å². The highest BCUT2D eigenvalue weighted by Gasteiger charge is 1.92. The van der Waals surface area contributed by atoms with Gasteiger partial charge in [-0.2, -0.15) is 0 Å². The molecule has 0 aromatic rings. The van der Waals surface area contributed by atoms with Gasteiger partial charge >= 0.3 is 0 Å². The molecule has 4 N–H and O–H groups in total. The molecule has 3 nitrogen and oxygen atoms in total. The summed E-state index contributed by atoms with van der Waals surface area (Å²) in [7, 11) is 1.87. The van der Waals surface area contributed by atoms with Crippen LogP contribution < -0.4 is 16.6 Å². The fourth-order valence-corrected chi connectivity index (χ4v) is 0.926. The SMILES string of the molecule is CCCCC/C(=C/NC)NN. The normalized spacial score (nSPS) is 11.4. The van der Waals surface area contributed by atoms with Crippen LogP contribution in [0.1, 0.15) is 32.6 Å². The predicted octanol–water partition coefficient (Wildman–Crippen LogP) is 1.09. The molecule has 0 fully saturated rings. The monoisotopic (exact) mass is 157 g/mol. The zero-order chi connectivity index (χ0) is 8.53. The molecule has 3 heteroatoms. The zero-order valence-corrected chi connectivity index (χ0v) is 7.48. The van der Waals surface area contributed by atoms with Gasteiger partial charge in [0.05, 0.1) is 0 Å². The summed E-state index contributed by atoms with van der Waals surface area (Å²) >= 11 is 0. The Labute approximate surface area is 69.0 Å². The van der Waals surface area contributed by atoms with Gasteiger partial charge in [0.25, 0.3) is 0 Å². The van der Waals surface area contributed by atoms with Gasteiger partial charge in [0, 0.05) is 18.9 Å². The van der Waals surface area contributed by atoms with Crippen LogP contribution in [0, 0.1) is 0 Å². The van der Waals surface area contributed by atoms with Crippen molar-refractivity contribution < 1.29 is 0 Å². The molecule has 0 amide bonds. The zero-order valence-electron chi connectivity index (χ0n) is 7.48. The average Bonchev–Trinajstić information content (AvgIpc) is 2.03. The Balaban J connectivity index is 3.44. The third-order valence-electron chi connectivity index (χ3n) is 1.55. The number of nitrogens with one attached hydrogen (secondary N) is 2. The first-order valence-corrected chi connectivity index (χ1v) is 4.18. The van der Waals surface area contributed by atoms with E-state index in [9.17, 15) is 0 Å². The van der Waals surface area contributed by atoms with Crippen molar-refractivity contribution in [2.75, 3.05) is 7.05 Å². The summed E-state index contributed by atoms with van der Waals surface area (Å²) in [4.78, 5) is 0. The molecule has 0 aromatic carbocycles. The number of rotatable bonds is 6. The Morgan fingerprint density at radius 2 is 2.18 bits per heavy atom. The molecule has 0 bridgehead atoms. The van der Waals surface area contributed by atoms with Gasteiger partial charge in [0.15, 0.2) is 0 Å². The van der Waals surface area contributed by atoms with Gasteiger partial charge in [-0.15, -0.1) is 0 Å².